The van der Waals surface area contributed by atoms with Gasteiger partial charge in [0.2, 0.25) is 0 Å². The van der Waals surface area contributed by atoms with Crippen LogP contribution in [-0.4, -0.2) is 22.5 Å². The van der Waals surface area contributed by atoms with Crippen LogP contribution in [0, 0.1) is 5.92 Å². The van der Waals surface area contributed by atoms with E-state index in [-0.39, 0.29) is 0 Å². The first-order valence-corrected chi connectivity index (χ1v) is 7.07. The van der Waals surface area contributed by atoms with Gasteiger partial charge in [0.05, 0.1) is 5.69 Å². The summed E-state index contributed by atoms with van der Waals surface area (Å²) in [7, 11) is 0. The second kappa shape index (κ2) is 6.30. The summed E-state index contributed by atoms with van der Waals surface area (Å²) in [5.74, 6) is 0.772. The number of nitrogens with two attached hydrogens (primary N) is 1. The van der Waals surface area contributed by atoms with Gasteiger partial charge in [0.15, 0.2) is 0 Å². The molecule has 0 unspecified atom stereocenters. The van der Waals surface area contributed by atoms with E-state index in [1.54, 1.807) is 0 Å². The van der Waals surface area contributed by atoms with Gasteiger partial charge in [-0.25, -0.2) is 0 Å². The van der Waals surface area contributed by atoms with Gasteiger partial charge in [0, 0.05) is 25.3 Å². The van der Waals surface area contributed by atoms with E-state index in [0.29, 0.717) is 6.54 Å². The molecule has 0 amide bonds. The maximum absolute atomic E-state index is 5.76. The van der Waals surface area contributed by atoms with Gasteiger partial charge in [-0.1, -0.05) is 19.9 Å². The van der Waals surface area contributed by atoms with Gasteiger partial charge in [-0.15, -0.1) is 0 Å². The van der Waals surface area contributed by atoms with Crippen LogP contribution in [0.1, 0.15) is 44.4 Å². The number of aromatic nitrogens is 1. The lowest BCUT2D eigenvalue weighted by Crippen LogP contribution is -2.28. The molecule has 0 saturated heterocycles. The lowest BCUT2D eigenvalue weighted by Gasteiger charge is -2.23. The molecule has 2 N–H and O–H groups in total. The van der Waals surface area contributed by atoms with Crippen molar-refractivity contribution in [3.8, 4) is 0 Å². The molecular formula is C15H25N3. The Bertz CT molecular complexity index is 372. The molecular weight excluding hydrogens is 222 g/mol. The van der Waals surface area contributed by atoms with Crippen molar-refractivity contribution in [2.45, 2.75) is 52.2 Å². The number of hydrogen-bond acceptors (Lipinski definition) is 3. The van der Waals surface area contributed by atoms with Crippen molar-refractivity contribution >= 4 is 0 Å². The summed E-state index contributed by atoms with van der Waals surface area (Å²) < 4.78 is 0. The Morgan fingerprint density at radius 3 is 2.83 bits per heavy atom. The first-order chi connectivity index (χ1) is 8.70. The lowest BCUT2D eigenvalue weighted by atomic mass is 10.1. The quantitative estimate of drug-likeness (QED) is 0.805. The summed E-state index contributed by atoms with van der Waals surface area (Å²) in [4.78, 5) is 6.98. The second-order valence-electron chi connectivity index (χ2n) is 5.70. The van der Waals surface area contributed by atoms with E-state index in [0.717, 1.165) is 24.2 Å². The van der Waals surface area contributed by atoms with Crippen molar-refractivity contribution in [2.75, 3.05) is 6.54 Å². The molecule has 0 spiro atoms. The number of nitrogens with zero attached hydrogens (tertiary/aromatic N) is 2. The number of hydrogen-bond donors (Lipinski definition) is 1. The van der Waals surface area contributed by atoms with Crippen molar-refractivity contribution in [3.63, 3.8) is 0 Å². The topological polar surface area (TPSA) is 42.2 Å². The molecule has 3 nitrogen and oxygen atoms in total. The zero-order valence-corrected chi connectivity index (χ0v) is 11.6. The minimum Gasteiger partial charge on any atom is -0.325 e. The van der Waals surface area contributed by atoms with Crippen LogP contribution in [0.25, 0.3) is 0 Å². The molecule has 1 aromatic rings. The van der Waals surface area contributed by atoms with Crippen molar-refractivity contribution in [2.24, 2.45) is 11.7 Å². The summed E-state index contributed by atoms with van der Waals surface area (Å²) in [6.07, 6.45) is 5.82. The molecule has 1 saturated carbocycles. The number of pyridine rings is 1. The Hall–Kier alpha value is -0.930. The molecule has 3 heteroatoms. The van der Waals surface area contributed by atoms with Gasteiger partial charge >= 0.3 is 0 Å². The third-order valence-corrected chi connectivity index (χ3v) is 3.61. The average Bonchev–Trinajstić information content (AvgIpc) is 3.19. The first kappa shape index (κ1) is 13.5. The van der Waals surface area contributed by atoms with Crippen LogP contribution in [0.3, 0.4) is 0 Å². The summed E-state index contributed by atoms with van der Waals surface area (Å²) in [5, 5.41) is 0. The Morgan fingerprint density at radius 2 is 2.22 bits per heavy atom. The fraction of sp³-hybridized carbons (Fsp3) is 0.667. The lowest BCUT2D eigenvalue weighted by molar-refractivity contribution is 0.238. The van der Waals surface area contributed by atoms with Gasteiger partial charge in [-0.3, -0.25) is 9.88 Å². The number of rotatable bonds is 7. The molecule has 0 atom stereocenters. The maximum Gasteiger partial charge on any atom is 0.0584 e. The van der Waals surface area contributed by atoms with E-state index >= 15 is 0 Å². The van der Waals surface area contributed by atoms with Crippen LogP contribution >= 0.6 is 0 Å². The predicted octanol–water partition coefficient (Wildman–Crippen LogP) is 2.55. The Morgan fingerprint density at radius 1 is 1.44 bits per heavy atom. The molecule has 1 aromatic heterocycles. The highest BCUT2D eigenvalue weighted by Crippen LogP contribution is 2.29. The van der Waals surface area contributed by atoms with Crippen molar-refractivity contribution in [3.05, 3.63) is 29.6 Å². The minimum atomic E-state index is 0.541. The summed E-state index contributed by atoms with van der Waals surface area (Å²) in [6, 6.07) is 4.98. The normalized spacial score (nSPS) is 15.6. The van der Waals surface area contributed by atoms with Crippen LogP contribution in [0.2, 0.25) is 0 Å². The highest BCUT2D eigenvalue weighted by molar-refractivity contribution is 5.19. The maximum atomic E-state index is 5.76. The fourth-order valence-electron chi connectivity index (χ4n) is 2.27. The Labute approximate surface area is 110 Å². The average molecular weight is 247 g/mol. The van der Waals surface area contributed by atoms with Crippen molar-refractivity contribution in [1.29, 1.82) is 0 Å². The van der Waals surface area contributed by atoms with E-state index < -0.39 is 0 Å². The SMILES string of the molecule is CC(C)CCN(Cc1cccnc1CN)C1CC1. The highest BCUT2D eigenvalue weighted by Gasteiger charge is 2.29. The molecule has 100 valence electrons. The molecule has 1 fully saturated rings. The third-order valence-electron chi connectivity index (χ3n) is 3.61. The molecule has 0 radical (unpaired) electrons. The van der Waals surface area contributed by atoms with E-state index in [9.17, 15) is 0 Å². The van der Waals surface area contributed by atoms with Crippen LogP contribution < -0.4 is 5.73 Å². The van der Waals surface area contributed by atoms with Crippen LogP contribution in [-0.2, 0) is 13.1 Å². The molecule has 2 rings (SSSR count). The zero-order valence-electron chi connectivity index (χ0n) is 11.6. The van der Waals surface area contributed by atoms with E-state index in [1.807, 2.05) is 12.3 Å². The Balaban J connectivity index is 1.99. The molecule has 0 aromatic carbocycles. The van der Waals surface area contributed by atoms with Crippen molar-refractivity contribution < 1.29 is 0 Å². The van der Waals surface area contributed by atoms with E-state index in [2.05, 4.69) is 29.8 Å². The first-order valence-electron chi connectivity index (χ1n) is 7.07. The Kier molecular flexibility index (Phi) is 4.72. The van der Waals surface area contributed by atoms with Gasteiger partial charge < -0.3 is 5.73 Å². The highest BCUT2D eigenvalue weighted by atomic mass is 15.2. The molecule has 1 aliphatic rings. The van der Waals surface area contributed by atoms with E-state index in [1.165, 1.54) is 31.4 Å². The minimum absolute atomic E-state index is 0.541. The predicted molar refractivity (Wildman–Crippen MR) is 75.0 cm³/mol. The molecule has 1 heterocycles. The summed E-state index contributed by atoms with van der Waals surface area (Å²) in [6.45, 7) is 7.33. The smallest absolute Gasteiger partial charge is 0.0584 e. The van der Waals surface area contributed by atoms with E-state index in [4.69, 9.17) is 5.73 Å². The van der Waals surface area contributed by atoms with Crippen LogP contribution in [0.4, 0.5) is 0 Å². The van der Waals surface area contributed by atoms with Crippen LogP contribution in [0.5, 0.6) is 0 Å². The van der Waals surface area contributed by atoms with Crippen LogP contribution in [0.15, 0.2) is 18.3 Å². The molecule has 0 bridgehead atoms. The van der Waals surface area contributed by atoms with Gasteiger partial charge in [-0.05, 0) is 43.4 Å². The van der Waals surface area contributed by atoms with Crippen molar-refractivity contribution in [1.82, 2.24) is 9.88 Å². The standard InChI is InChI=1S/C15H25N3/c1-12(2)7-9-18(14-5-6-14)11-13-4-3-8-17-15(13)10-16/h3-4,8,12,14H,5-7,9-11,16H2,1-2H3. The second-order valence-corrected chi connectivity index (χ2v) is 5.70. The third kappa shape index (κ3) is 3.79. The summed E-state index contributed by atoms with van der Waals surface area (Å²) in [5.41, 5.74) is 8.11. The molecule has 1 aliphatic carbocycles. The fourth-order valence-corrected chi connectivity index (χ4v) is 2.27. The van der Waals surface area contributed by atoms with Gasteiger partial charge in [0.25, 0.3) is 0 Å². The zero-order chi connectivity index (χ0) is 13.0. The molecule has 18 heavy (non-hydrogen) atoms. The van der Waals surface area contributed by atoms with Gasteiger partial charge in [0.1, 0.15) is 0 Å². The largest absolute Gasteiger partial charge is 0.325 e. The summed E-state index contributed by atoms with van der Waals surface area (Å²) >= 11 is 0. The van der Waals surface area contributed by atoms with Gasteiger partial charge in [-0.2, -0.15) is 0 Å². The monoisotopic (exact) mass is 247 g/mol. The molecule has 0 aliphatic heterocycles.